The number of halogens is 2. The van der Waals surface area contributed by atoms with Crippen LogP contribution < -0.4 is 9.41 Å². The number of allylic oxidation sites excluding steroid dienone is 4. The standard InChI is InChI=1S/C17H12N.C5H5.2FH.Zr/c1-2-7-15-12-16(11-14(15)6-1)18-10-9-13-5-3-4-8-17(13)18;1-2-4-5-3-1;;;/h1-12H;1-3H,4H2;2*1H;/q2*-1;;;+4/p-2. The molecule has 0 saturated carbocycles. The molecule has 0 aliphatic heterocycles. The zero-order chi connectivity index (χ0) is 15.5. The van der Waals surface area contributed by atoms with Crippen molar-refractivity contribution < 1.29 is 35.6 Å². The van der Waals surface area contributed by atoms with Gasteiger partial charge in [-0.1, -0.05) is 24.3 Å². The minimum atomic E-state index is 0. The van der Waals surface area contributed by atoms with E-state index in [0.29, 0.717) is 0 Å². The number of para-hydroxylation sites is 1. The van der Waals surface area contributed by atoms with Gasteiger partial charge in [-0.2, -0.15) is 6.08 Å². The maximum atomic E-state index is 2.99. The molecule has 1 aliphatic carbocycles. The molecule has 0 amide bonds. The summed E-state index contributed by atoms with van der Waals surface area (Å²) in [4.78, 5) is 0. The van der Waals surface area contributed by atoms with Crippen LogP contribution in [-0.2, 0) is 26.2 Å². The number of rotatable bonds is 1. The molecular weight excluding hydrogens is 407 g/mol. The van der Waals surface area contributed by atoms with E-state index >= 15 is 0 Å². The Morgan fingerprint density at radius 1 is 0.885 bits per heavy atom. The normalized spacial score (nSPS) is 11.2. The summed E-state index contributed by atoms with van der Waals surface area (Å²) >= 11 is 0. The van der Waals surface area contributed by atoms with Gasteiger partial charge in [0.2, 0.25) is 0 Å². The molecule has 26 heavy (non-hydrogen) atoms. The number of fused-ring (bicyclic) bond motifs is 2. The monoisotopic (exact) mass is 423 g/mol. The van der Waals surface area contributed by atoms with Crippen LogP contribution in [0.15, 0.2) is 91.2 Å². The van der Waals surface area contributed by atoms with Crippen LogP contribution in [0.25, 0.3) is 27.4 Å². The van der Waals surface area contributed by atoms with Gasteiger partial charge in [-0.3, -0.25) is 6.08 Å². The molecule has 3 aromatic carbocycles. The number of hydrogen-bond acceptors (Lipinski definition) is 0. The molecule has 0 fully saturated rings. The van der Waals surface area contributed by atoms with Crippen molar-refractivity contribution in [1.29, 1.82) is 0 Å². The van der Waals surface area contributed by atoms with Crippen LogP contribution in [0.4, 0.5) is 0 Å². The molecule has 1 heterocycles. The predicted molar refractivity (Wildman–Crippen MR) is 97.9 cm³/mol. The summed E-state index contributed by atoms with van der Waals surface area (Å²) in [5.74, 6) is 0. The van der Waals surface area contributed by atoms with Crippen molar-refractivity contribution in [3.63, 3.8) is 0 Å². The number of aromatic nitrogens is 1. The third-order valence-electron chi connectivity index (χ3n) is 4.07. The van der Waals surface area contributed by atoms with Gasteiger partial charge in [-0.15, -0.1) is 47.5 Å². The molecule has 4 heteroatoms. The van der Waals surface area contributed by atoms with Gasteiger partial charge < -0.3 is 14.0 Å². The molecule has 1 aliphatic rings. The molecular formula is C22H17F2NZr. The molecule has 128 valence electrons. The van der Waals surface area contributed by atoms with E-state index in [1.165, 1.54) is 27.4 Å². The summed E-state index contributed by atoms with van der Waals surface area (Å²) < 4.78 is 2.25. The first-order valence-corrected chi connectivity index (χ1v) is 7.85. The van der Waals surface area contributed by atoms with Crippen molar-refractivity contribution in [2.45, 2.75) is 6.42 Å². The molecule has 1 aromatic heterocycles. The fourth-order valence-corrected chi connectivity index (χ4v) is 2.92. The average molecular weight is 425 g/mol. The van der Waals surface area contributed by atoms with Crippen molar-refractivity contribution in [1.82, 2.24) is 4.57 Å². The molecule has 0 unspecified atom stereocenters. The SMILES string of the molecule is [C-]1=CC=CC1.[F-].[F-].[Zr+4].c1ccc2[cH-]c(-n3ccc4ccccc43)cc2c1. The van der Waals surface area contributed by atoms with E-state index in [1.54, 1.807) is 0 Å². The molecule has 0 saturated heterocycles. The Balaban J connectivity index is 0.000000372. The molecule has 5 rings (SSSR count). The minimum Gasteiger partial charge on any atom is -1.00 e. The van der Waals surface area contributed by atoms with E-state index in [0.717, 1.165) is 6.42 Å². The number of nitrogens with zero attached hydrogens (tertiary/aromatic N) is 1. The van der Waals surface area contributed by atoms with E-state index in [2.05, 4.69) is 89.6 Å². The second kappa shape index (κ2) is 10.1. The third-order valence-corrected chi connectivity index (χ3v) is 4.07. The van der Waals surface area contributed by atoms with Crippen LogP contribution in [-0.4, -0.2) is 4.57 Å². The zero-order valence-corrected chi connectivity index (χ0v) is 16.5. The molecule has 0 bridgehead atoms. The first-order valence-electron chi connectivity index (χ1n) is 7.85. The fourth-order valence-electron chi connectivity index (χ4n) is 2.92. The Bertz CT molecular complexity index is 968. The Morgan fingerprint density at radius 2 is 1.62 bits per heavy atom. The predicted octanol–water partition coefficient (Wildman–Crippen LogP) is -0.186. The molecule has 0 atom stereocenters. The Hall–Kier alpha value is -2.19. The molecule has 1 nitrogen and oxygen atoms in total. The topological polar surface area (TPSA) is 4.93 Å². The van der Waals surface area contributed by atoms with Crippen LogP contribution >= 0.6 is 0 Å². The van der Waals surface area contributed by atoms with Crippen molar-refractivity contribution in [2.24, 2.45) is 0 Å². The van der Waals surface area contributed by atoms with E-state index in [4.69, 9.17) is 0 Å². The third kappa shape index (κ3) is 4.50. The summed E-state index contributed by atoms with van der Waals surface area (Å²) in [6, 6.07) is 23.6. The second-order valence-corrected chi connectivity index (χ2v) is 5.59. The van der Waals surface area contributed by atoms with Crippen molar-refractivity contribution in [3.05, 3.63) is 97.2 Å². The van der Waals surface area contributed by atoms with Crippen LogP contribution in [0.5, 0.6) is 0 Å². The van der Waals surface area contributed by atoms with Crippen molar-refractivity contribution in [2.75, 3.05) is 0 Å². The maximum absolute atomic E-state index is 2.99. The Morgan fingerprint density at radius 3 is 2.27 bits per heavy atom. The molecule has 4 aromatic rings. The Kier molecular flexibility index (Phi) is 8.47. The van der Waals surface area contributed by atoms with Crippen molar-refractivity contribution in [3.8, 4) is 5.69 Å². The van der Waals surface area contributed by atoms with Gasteiger partial charge in [0.1, 0.15) is 0 Å². The maximum Gasteiger partial charge on any atom is 4.00 e. The largest absolute Gasteiger partial charge is 4.00 e. The average Bonchev–Trinajstić information content (AvgIpc) is 3.34. The van der Waals surface area contributed by atoms with Crippen LogP contribution in [0.3, 0.4) is 0 Å². The summed E-state index contributed by atoms with van der Waals surface area (Å²) in [6.07, 6.45) is 12.1. The summed E-state index contributed by atoms with van der Waals surface area (Å²) in [5, 5.41) is 3.87. The van der Waals surface area contributed by atoms with Crippen LogP contribution in [0.1, 0.15) is 6.42 Å². The second-order valence-electron chi connectivity index (χ2n) is 5.59. The molecule has 0 N–H and O–H groups in total. The molecule has 0 radical (unpaired) electrons. The van der Waals surface area contributed by atoms with Gasteiger partial charge >= 0.3 is 26.2 Å². The van der Waals surface area contributed by atoms with Gasteiger partial charge in [0.25, 0.3) is 0 Å². The number of benzene rings is 2. The van der Waals surface area contributed by atoms with Crippen LogP contribution in [0.2, 0.25) is 0 Å². The van der Waals surface area contributed by atoms with Gasteiger partial charge in [-0.05, 0) is 23.2 Å². The van der Waals surface area contributed by atoms with Gasteiger partial charge in [0.05, 0.1) is 5.52 Å². The smallest absolute Gasteiger partial charge is 1.00 e. The van der Waals surface area contributed by atoms with Crippen molar-refractivity contribution >= 4 is 21.7 Å². The fraction of sp³-hybridized carbons (Fsp3) is 0.0455. The molecule has 0 spiro atoms. The first-order chi connectivity index (χ1) is 11.4. The van der Waals surface area contributed by atoms with E-state index < -0.39 is 0 Å². The van der Waals surface area contributed by atoms with Gasteiger partial charge in [0.15, 0.2) is 0 Å². The first kappa shape index (κ1) is 21.9. The van der Waals surface area contributed by atoms with Gasteiger partial charge in [0, 0.05) is 6.20 Å². The zero-order valence-electron chi connectivity index (χ0n) is 14.1. The summed E-state index contributed by atoms with van der Waals surface area (Å²) in [7, 11) is 0. The van der Waals surface area contributed by atoms with E-state index in [1.807, 2.05) is 12.2 Å². The van der Waals surface area contributed by atoms with Crippen LogP contribution in [0, 0.1) is 6.08 Å². The minimum absolute atomic E-state index is 0. The van der Waals surface area contributed by atoms with E-state index in [-0.39, 0.29) is 35.6 Å². The summed E-state index contributed by atoms with van der Waals surface area (Å²) in [5.41, 5.74) is 2.49. The van der Waals surface area contributed by atoms with E-state index in [9.17, 15) is 0 Å². The quantitative estimate of drug-likeness (QED) is 0.374. The van der Waals surface area contributed by atoms with Gasteiger partial charge in [-0.25, -0.2) is 12.2 Å². The Labute approximate surface area is 170 Å². The number of hydrogen-bond donors (Lipinski definition) is 0. The summed E-state index contributed by atoms with van der Waals surface area (Å²) in [6.45, 7) is 0.